The monoisotopic (exact) mass is 265 g/mol. The number of likely N-dealkylation sites (tertiary alicyclic amines) is 2. The van der Waals surface area contributed by atoms with Gasteiger partial charge in [-0.15, -0.1) is 0 Å². The molecule has 0 aromatic rings. The van der Waals surface area contributed by atoms with Crippen molar-refractivity contribution in [1.29, 1.82) is 0 Å². The molecule has 2 heterocycles. The van der Waals surface area contributed by atoms with E-state index in [0.29, 0.717) is 11.6 Å². The largest absolute Gasteiger partial charge is 0.329 e. The summed E-state index contributed by atoms with van der Waals surface area (Å²) in [5, 5.41) is 0. The van der Waals surface area contributed by atoms with Crippen LogP contribution in [0.15, 0.2) is 0 Å². The van der Waals surface area contributed by atoms with Crippen molar-refractivity contribution in [3.05, 3.63) is 0 Å². The fourth-order valence-electron chi connectivity index (χ4n) is 4.73. The number of nitrogens with zero attached hydrogens (tertiary/aromatic N) is 2. The second-order valence-electron chi connectivity index (χ2n) is 7.41. The van der Waals surface area contributed by atoms with Crippen LogP contribution in [-0.2, 0) is 0 Å². The zero-order chi connectivity index (χ0) is 13.5. The van der Waals surface area contributed by atoms with Crippen LogP contribution in [0, 0.1) is 11.8 Å². The van der Waals surface area contributed by atoms with Gasteiger partial charge in [0.1, 0.15) is 0 Å². The van der Waals surface area contributed by atoms with E-state index in [9.17, 15) is 0 Å². The second-order valence-corrected chi connectivity index (χ2v) is 7.41. The second kappa shape index (κ2) is 5.34. The van der Waals surface area contributed by atoms with E-state index < -0.39 is 0 Å². The highest BCUT2D eigenvalue weighted by Gasteiger charge is 2.46. The molecule has 2 unspecified atom stereocenters. The summed E-state index contributed by atoms with van der Waals surface area (Å²) in [6.45, 7) is 10.6. The van der Waals surface area contributed by atoms with Crippen LogP contribution in [0.3, 0.4) is 0 Å². The number of fused-ring (bicyclic) bond motifs is 1. The maximum atomic E-state index is 6.23. The molecule has 1 saturated carbocycles. The van der Waals surface area contributed by atoms with Crippen LogP contribution in [0.25, 0.3) is 0 Å². The molecular weight excluding hydrogens is 234 g/mol. The van der Waals surface area contributed by atoms with Crippen LogP contribution in [0.4, 0.5) is 0 Å². The van der Waals surface area contributed by atoms with Gasteiger partial charge in [0, 0.05) is 44.3 Å². The zero-order valence-corrected chi connectivity index (χ0v) is 12.8. The van der Waals surface area contributed by atoms with E-state index in [1.54, 1.807) is 0 Å². The van der Waals surface area contributed by atoms with Crippen molar-refractivity contribution < 1.29 is 0 Å². The van der Waals surface area contributed by atoms with Gasteiger partial charge in [-0.05, 0) is 51.4 Å². The SMILES string of the molecule is CC(C)N1CCC(CN)(N2CC3CCCC3C2)CC1. The Bertz CT molecular complexity index is 295. The predicted molar refractivity (Wildman–Crippen MR) is 80.1 cm³/mol. The third-order valence-electron chi connectivity index (χ3n) is 6.24. The molecule has 3 heteroatoms. The summed E-state index contributed by atoms with van der Waals surface area (Å²) in [6, 6.07) is 0.689. The first kappa shape index (κ1) is 13.8. The first-order chi connectivity index (χ1) is 9.14. The van der Waals surface area contributed by atoms with Crippen LogP contribution in [0.2, 0.25) is 0 Å². The normalized spacial score (nSPS) is 36.0. The zero-order valence-electron chi connectivity index (χ0n) is 12.8. The standard InChI is InChI=1S/C16H31N3/c1-13(2)18-8-6-16(12-17,7-9-18)19-10-14-4-3-5-15(14)11-19/h13-15H,3-12,17H2,1-2H3. The Morgan fingerprint density at radius 3 is 2.16 bits per heavy atom. The minimum atomic E-state index is 0.329. The maximum Gasteiger partial charge on any atom is 0.0356 e. The average Bonchev–Trinajstić information content (AvgIpc) is 2.99. The highest BCUT2D eigenvalue weighted by molar-refractivity contribution is 5.02. The lowest BCUT2D eigenvalue weighted by Gasteiger charge is -2.48. The van der Waals surface area contributed by atoms with Gasteiger partial charge < -0.3 is 10.6 Å². The summed E-state index contributed by atoms with van der Waals surface area (Å²) in [7, 11) is 0. The van der Waals surface area contributed by atoms with E-state index >= 15 is 0 Å². The van der Waals surface area contributed by atoms with Crippen LogP contribution < -0.4 is 5.73 Å². The first-order valence-electron chi connectivity index (χ1n) is 8.34. The highest BCUT2D eigenvalue weighted by Crippen LogP contribution is 2.42. The third-order valence-corrected chi connectivity index (χ3v) is 6.24. The Labute approximate surface area is 118 Å². The summed E-state index contributed by atoms with van der Waals surface area (Å²) in [6.07, 6.45) is 6.97. The van der Waals surface area contributed by atoms with Gasteiger partial charge in [0.2, 0.25) is 0 Å². The van der Waals surface area contributed by atoms with Gasteiger partial charge in [0.05, 0.1) is 0 Å². The third kappa shape index (κ3) is 2.45. The minimum Gasteiger partial charge on any atom is -0.329 e. The van der Waals surface area contributed by atoms with E-state index in [4.69, 9.17) is 5.73 Å². The Kier molecular flexibility index (Phi) is 3.89. The molecule has 0 radical (unpaired) electrons. The minimum absolute atomic E-state index is 0.329. The molecule has 2 N–H and O–H groups in total. The summed E-state index contributed by atoms with van der Waals surface area (Å²) < 4.78 is 0. The Balaban J connectivity index is 1.65. The molecule has 2 aliphatic heterocycles. The van der Waals surface area contributed by atoms with E-state index in [1.165, 1.54) is 58.3 Å². The van der Waals surface area contributed by atoms with Crippen LogP contribution in [0.1, 0.15) is 46.0 Å². The smallest absolute Gasteiger partial charge is 0.0356 e. The van der Waals surface area contributed by atoms with E-state index in [-0.39, 0.29) is 0 Å². The van der Waals surface area contributed by atoms with E-state index in [0.717, 1.165) is 18.4 Å². The van der Waals surface area contributed by atoms with Crippen LogP contribution in [0.5, 0.6) is 0 Å². The number of hydrogen-bond donors (Lipinski definition) is 1. The van der Waals surface area contributed by atoms with E-state index in [1.807, 2.05) is 0 Å². The van der Waals surface area contributed by atoms with Crippen molar-refractivity contribution >= 4 is 0 Å². The van der Waals surface area contributed by atoms with Crippen molar-refractivity contribution in [1.82, 2.24) is 9.80 Å². The average molecular weight is 265 g/mol. The molecule has 3 aliphatic rings. The van der Waals surface area contributed by atoms with Crippen molar-refractivity contribution in [2.24, 2.45) is 17.6 Å². The Morgan fingerprint density at radius 2 is 1.68 bits per heavy atom. The fraction of sp³-hybridized carbons (Fsp3) is 1.00. The maximum absolute atomic E-state index is 6.23. The lowest BCUT2D eigenvalue weighted by molar-refractivity contribution is 0.0280. The number of rotatable bonds is 3. The lowest BCUT2D eigenvalue weighted by Crippen LogP contribution is -2.59. The van der Waals surface area contributed by atoms with Crippen molar-refractivity contribution in [3.63, 3.8) is 0 Å². The van der Waals surface area contributed by atoms with Gasteiger partial charge in [-0.2, -0.15) is 0 Å². The van der Waals surface area contributed by atoms with Gasteiger partial charge >= 0.3 is 0 Å². The van der Waals surface area contributed by atoms with Crippen molar-refractivity contribution in [2.75, 3.05) is 32.7 Å². The van der Waals surface area contributed by atoms with Crippen molar-refractivity contribution in [2.45, 2.75) is 57.5 Å². The predicted octanol–water partition coefficient (Wildman–Crippen LogP) is 1.92. The molecule has 3 rings (SSSR count). The Hall–Kier alpha value is -0.120. The quantitative estimate of drug-likeness (QED) is 0.846. The summed E-state index contributed by atoms with van der Waals surface area (Å²) in [5.74, 6) is 1.98. The molecule has 0 bridgehead atoms. The van der Waals surface area contributed by atoms with Crippen molar-refractivity contribution in [3.8, 4) is 0 Å². The molecule has 0 aromatic carbocycles. The molecule has 3 fully saturated rings. The van der Waals surface area contributed by atoms with Gasteiger partial charge in [-0.25, -0.2) is 0 Å². The van der Waals surface area contributed by atoms with Gasteiger partial charge in [0.25, 0.3) is 0 Å². The Morgan fingerprint density at radius 1 is 1.11 bits per heavy atom. The highest BCUT2D eigenvalue weighted by atomic mass is 15.3. The molecule has 2 atom stereocenters. The van der Waals surface area contributed by atoms with Gasteiger partial charge in [0.15, 0.2) is 0 Å². The summed E-state index contributed by atoms with van der Waals surface area (Å²) in [4.78, 5) is 5.41. The van der Waals surface area contributed by atoms with Crippen LogP contribution in [-0.4, -0.2) is 54.1 Å². The van der Waals surface area contributed by atoms with Crippen LogP contribution >= 0.6 is 0 Å². The molecule has 19 heavy (non-hydrogen) atoms. The lowest BCUT2D eigenvalue weighted by atomic mass is 9.85. The molecule has 0 aromatic heterocycles. The number of piperidine rings is 1. The first-order valence-corrected chi connectivity index (χ1v) is 8.34. The number of nitrogens with two attached hydrogens (primary N) is 1. The molecular formula is C16H31N3. The topological polar surface area (TPSA) is 32.5 Å². The fourth-order valence-corrected chi connectivity index (χ4v) is 4.73. The molecule has 0 amide bonds. The molecule has 3 nitrogen and oxygen atoms in total. The number of hydrogen-bond acceptors (Lipinski definition) is 3. The molecule has 1 aliphatic carbocycles. The summed E-state index contributed by atoms with van der Waals surface area (Å²) in [5.41, 5.74) is 6.56. The summed E-state index contributed by atoms with van der Waals surface area (Å²) >= 11 is 0. The van der Waals surface area contributed by atoms with E-state index in [2.05, 4.69) is 23.6 Å². The molecule has 110 valence electrons. The van der Waals surface area contributed by atoms with Gasteiger partial charge in [-0.1, -0.05) is 6.42 Å². The molecule has 2 saturated heterocycles. The molecule has 0 spiro atoms. The van der Waals surface area contributed by atoms with Gasteiger partial charge in [-0.3, -0.25) is 4.90 Å².